The second-order valence-corrected chi connectivity index (χ2v) is 3.54. The molecule has 0 amide bonds. The van der Waals surface area contributed by atoms with E-state index >= 15 is 0 Å². The zero-order chi connectivity index (χ0) is 10.6. The normalized spacial score (nSPS) is 12.9. The third-order valence-corrected chi connectivity index (χ3v) is 2.22. The first kappa shape index (κ1) is 11.4. The summed E-state index contributed by atoms with van der Waals surface area (Å²) in [5, 5.41) is 12.4. The Balaban J connectivity index is 2.71. The van der Waals surface area contributed by atoms with Gasteiger partial charge in [0, 0.05) is 13.0 Å². The van der Waals surface area contributed by atoms with E-state index in [1.165, 1.54) is 6.07 Å². The van der Waals surface area contributed by atoms with E-state index in [0.717, 1.165) is 0 Å². The van der Waals surface area contributed by atoms with Crippen LogP contribution in [0.3, 0.4) is 0 Å². The van der Waals surface area contributed by atoms with Crippen molar-refractivity contribution < 1.29 is 9.50 Å². The molecule has 1 aromatic carbocycles. The van der Waals surface area contributed by atoms with Gasteiger partial charge in [0.25, 0.3) is 0 Å². The van der Waals surface area contributed by atoms with E-state index < -0.39 is 11.9 Å². The molecule has 0 aliphatic carbocycles. The molecule has 1 atom stereocenters. The maximum absolute atomic E-state index is 13.3. The van der Waals surface area contributed by atoms with E-state index in [1.54, 1.807) is 19.2 Å². The van der Waals surface area contributed by atoms with Gasteiger partial charge >= 0.3 is 0 Å². The fraction of sp³-hybridized carbons (Fsp3) is 0.400. The van der Waals surface area contributed by atoms with Crippen molar-refractivity contribution >= 4 is 11.6 Å². The van der Waals surface area contributed by atoms with E-state index in [1.807, 2.05) is 0 Å². The Kier molecular flexibility index (Phi) is 4.32. The lowest BCUT2D eigenvalue weighted by molar-refractivity contribution is 0.173. The molecular formula is C10H13ClFNO. The summed E-state index contributed by atoms with van der Waals surface area (Å²) in [6, 6.07) is 4.79. The smallest absolute Gasteiger partial charge is 0.145 e. The highest BCUT2D eigenvalue weighted by Crippen LogP contribution is 2.18. The Morgan fingerprint density at radius 1 is 1.57 bits per heavy atom. The Bertz CT molecular complexity index is 306. The standard InChI is InChI=1S/C10H13ClFNO/c1-13-6-8(14)5-7-3-2-4-9(11)10(7)12/h2-4,8,13-14H,5-6H2,1H3. The molecule has 2 N–H and O–H groups in total. The minimum absolute atomic E-state index is 0.0964. The van der Waals surface area contributed by atoms with Gasteiger partial charge in [-0.15, -0.1) is 0 Å². The van der Waals surface area contributed by atoms with Gasteiger partial charge in [0.2, 0.25) is 0 Å². The molecule has 0 spiro atoms. The highest BCUT2D eigenvalue weighted by Gasteiger charge is 2.10. The van der Waals surface area contributed by atoms with Crippen LogP contribution in [-0.4, -0.2) is 24.8 Å². The van der Waals surface area contributed by atoms with Crippen LogP contribution < -0.4 is 5.32 Å². The van der Waals surface area contributed by atoms with Crippen LogP contribution in [0.1, 0.15) is 5.56 Å². The largest absolute Gasteiger partial charge is 0.391 e. The molecule has 0 bridgehead atoms. The van der Waals surface area contributed by atoms with E-state index in [9.17, 15) is 9.50 Å². The van der Waals surface area contributed by atoms with E-state index in [-0.39, 0.29) is 11.4 Å². The van der Waals surface area contributed by atoms with Gasteiger partial charge in [0.05, 0.1) is 11.1 Å². The maximum atomic E-state index is 13.3. The van der Waals surface area contributed by atoms with E-state index in [4.69, 9.17) is 11.6 Å². The lowest BCUT2D eigenvalue weighted by Crippen LogP contribution is -2.25. The molecule has 0 heterocycles. The van der Waals surface area contributed by atoms with E-state index in [2.05, 4.69) is 5.32 Å². The summed E-state index contributed by atoms with van der Waals surface area (Å²) in [6.45, 7) is 0.436. The van der Waals surface area contributed by atoms with Crippen molar-refractivity contribution in [3.8, 4) is 0 Å². The van der Waals surface area contributed by atoms with Crippen LogP contribution in [-0.2, 0) is 6.42 Å². The number of rotatable bonds is 4. The summed E-state index contributed by atoms with van der Waals surface area (Å²) in [6.07, 6.45) is -0.319. The fourth-order valence-electron chi connectivity index (χ4n) is 1.27. The predicted octanol–water partition coefficient (Wildman–Crippen LogP) is 1.60. The van der Waals surface area contributed by atoms with Crippen LogP contribution >= 0.6 is 11.6 Å². The zero-order valence-electron chi connectivity index (χ0n) is 7.93. The number of aliphatic hydroxyl groups excluding tert-OH is 1. The molecular weight excluding hydrogens is 205 g/mol. The lowest BCUT2D eigenvalue weighted by atomic mass is 10.1. The van der Waals surface area contributed by atoms with Crippen molar-refractivity contribution in [3.63, 3.8) is 0 Å². The number of nitrogens with one attached hydrogen (secondary N) is 1. The topological polar surface area (TPSA) is 32.3 Å². The summed E-state index contributed by atoms with van der Waals surface area (Å²) in [7, 11) is 1.73. The molecule has 0 aliphatic heterocycles. The third-order valence-electron chi connectivity index (χ3n) is 1.93. The van der Waals surface area contributed by atoms with Crippen molar-refractivity contribution in [1.82, 2.24) is 5.32 Å². The number of likely N-dealkylation sites (N-methyl/N-ethyl adjacent to an activating group) is 1. The highest BCUT2D eigenvalue weighted by atomic mass is 35.5. The molecule has 1 rings (SSSR count). The molecule has 0 aromatic heterocycles. The third kappa shape index (κ3) is 2.94. The SMILES string of the molecule is CNCC(O)Cc1cccc(Cl)c1F. The predicted molar refractivity (Wildman–Crippen MR) is 55.0 cm³/mol. The number of aliphatic hydroxyl groups is 1. The second-order valence-electron chi connectivity index (χ2n) is 3.13. The van der Waals surface area contributed by atoms with Gasteiger partial charge in [-0.25, -0.2) is 4.39 Å². The Labute approximate surface area is 87.7 Å². The minimum Gasteiger partial charge on any atom is -0.391 e. The number of hydrogen-bond donors (Lipinski definition) is 2. The van der Waals surface area contributed by atoms with Crippen molar-refractivity contribution in [1.29, 1.82) is 0 Å². The molecule has 0 saturated heterocycles. The molecule has 0 fully saturated rings. The van der Waals surface area contributed by atoms with Gasteiger partial charge < -0.3 is 10.4 Å². The van der Waals surface area contributed by atoms with Crippen LogP contribution in [0.2, 0.25) is 5.02 Å². The van der Waals surface area contributed by atoms with Gasteiger partial charge in [-0.1, -0.05) is 23.7 Å². The first-order valence-corrected chi connectivity index (χ1v) is 4.78. The Morgan fingerprint density at radius 3 is 2.93 bits per heavy atom. The Hall–Kier alpha value is -0.640. The number of halogens is 2. The van der Waals surface area contributed by atoms with Crippen LogP contribution in [0.15, 0.2) is 18.2 Å². The molecule has 1 aromatic rings. The molecule has 4 heteroatoms. The Morgan fingerprint density at radius 2 is 2.29 bits per heavy atom. The average molecular weight is 218 g/mol. The zero-order valence-corrected chi connectivity index (χ0v) is 8.68. The fourth-order valence-corrected chi connectivity index (χ4v) is 1.46. The van der Waals surface area contributed by atoms with Gasteiger partial charge in [-0.2, -0.15) is 0 Å². The van der Waals surface area contributed by atoms with Crippen LogP contribution in [0, 0.1) is 5.82 Å². The van der Waals surface area contributed by atoms with Crippen molar-refractivity contribution in [2.24, 2.45) is 0 Å². The minimum atomic E-state index is -0.590. The molecule has 1 unspecified atom stereocenters. The summed E-state index contributed by atoms with van der Waals surface area (Å²) in [5.74, 6) is -0.440. The first-order valence-electron chi connectivity index (χ1n) is 4.40. The average Bonchev–Trinajstić information content (AvgIpc) is 2.13. The quantitative estimate of drug-likeness (QED) is 0.803. The number of hydrogen-bond acceptors (Lipinski definition) is 2. The molecule has 14 heavy (non-hydrogen) atoms. The van der Waals surface area contributed by atoms with Crippen LogP contribution in [0.4, 0.5) is 4.39 Å². The monoisotopic (exact) mass is 217 g/mol. The first-order chi connectivity index (χ1) is 6.65. The van der Waals surface area contributed by atoms with E-state index in [0.29, 0.717) is 12.1 Å². The molecule has 2 nitrogen and oxygen atoms in total. The summed E-state index contributed by atoms with van der Waals surface area (Å²) in [5.41, 5.74) is 0.445. The summed E-state index contributed by atoms with van der Waals surface area (Å²) in [4.78, 5) is 0. The molecule has 0 aliphatic rings. The molecule has 0 radical (unpaired) electrons. The van der Waals surface area contributed by atoms with Crippen molar-refractivity contribution in [2.75, 3.05) is 13.6 Å². The van der Waals surface area contributed by atoms with Gasteiger partial charge in [-0.3, -0.25) is 0 Å². The van der Waals surface area contributed by atoms with Crippen LogP contribution in [0.25, 0.3) is 0 Å². The van der Waals surface area contributed by atoms with Crippen LogP contribution in [0.5, 0.6) is 0 Å². The van der Waals surface area contributed by atoms with Gasteiger partial charge in [-0.05, 0) is 18.7 Å². The summed E-state index contributed by atoms with van der Waals surface area (Å²) < 4.78 is 13.3. The van der Waals surface area contributed by atoms with Crippen molar-refractivity contribution in [3.05, 3.63) is 34.6 Å². The number of benzene rings is 1. The van der Waals surface area contributed by atoms with Gasteiger partial charge in [0.15, 0.2) is 0 Å². The lowest BCUT2D eigenvalue weighted by Gasteiger charge is -2.10. The summed E-state index contributed by atoms with van der Waals surface area (Å²) >= 11 is 5.60. The van der Waals surface area contributed by atoms with Crippen molar-refractivity contribution in [2.45, 2.75) is 12.5 Å². The van der Waals surface area contributed by atoms with Gasteiger partial charge in [0.1, 0.15) is 5.82 Å². The molecule has 0 saturated carbocycles. The maximum Gasteiger partial charge on any atom is 0.145 e. The highest BCUT2D eigenvalue weighted by molar-refractivity contribution is 6.30. The second kappa shape index (κ2) is 5.29. The molecule has 78 valence electrons.